The third kappa shape index (κ3) is 4.05. The summed E-state index contributed by atoms with van der Waals surface area (Å²) in [7, 11) is 4.52. The van der Waals surface area contributed by atoms with Crippen molar-refractivity contribution in [3.8, 4) is 23.3 Å². The SMILES string of the molecule is COc1cc(OC)c(/C=C2/SC(=O)N(Cc3ccccc3C#N)C2=O)c(OC)c1. The summed E-state index contributed by atoms with van der Waals surface area (Å²) in [5, 5.41) is 8.83. The van der Waals surface area contributed by atoms with Gasteiger partial charge in [-0.25, -0.2) is 0 Å². The van der Waals surface area contributed by atoms with Crippen molar-refractivity contribution < 1.29 is 23.8 Å². The maximum Gasteiger partial charge on any atom is 0.293 e. The van der Waals surface area contributed by atoms with Crippen LogP contribution in [0.2, 0.25) is 0 Å². The summed E-state index contributed by atoms with van der Waals surface area (Å²) in [6.45, 7) is 0.0304. The lowest BCUT2D eigenvalue weighted by Crippen LogP contribution is -2.27. The van der Waals surface area contributed by atoms with Crippen molar-refractivity contribution >= 4 is 29.0 Å². The van der Waals surface area contributed by atoms with Crippen LogP contribution in [0.3, 0.4) is 0 Å². The van der Waals surface area contributed by atoms with Crippen molar-refractivity contribution in [3.63, 3.8) is 0 Å². The molecule has 0 aromatic heterocycles. The first-order chi connectivity index (χ1) is 14.0. The van der Waals surface area contributed by atoms with E-state index in [0.29, 0.717) is 33.9 Å². The first-order valence-corrected chi connectivity index (χ1v) is 9.37. The Morgan fingerprint density at radius 1 is 1.07 bits per heavy atom. The number of benzene rings is 2. The smallest absolute Gasteiger partial charge is 0.293 e. The Labute approximate surface area is 172 Å². The molecule has 0 atom stereocenters. The van der Waals surface area contributed by atoms with E-state index in [9.17, 15) is 14.9 Å². The third-order valence-corrected chi connectivity index (χ3v) is 5.28. The van der Waals surface area contributed by atoms with Crippen molar-refractivity contribution in [2.75, 3.05) is 21.3 Å². The van der Waals surface area contributed by atoms with Gasteiger partial charge in [0.15, 0.2) is 0 Å². The molecule has 7 nitrogen and oxygen atoms in total. The highest BCUT2D eigenvalue weighted by Gasteiger charge is 2.36. The molecule has 1 aliphatic rings. The van der Waals surface area contributed by atoms with Crippen molar-refractivity contribution in [3.05, 3.63) is 58.0 Å². The van der Waals surface area contributed by atoms with Gasteiger partial charge in [0.2, 0.25) is 0 Å². The number of ether oxygens (including phenoxy) is 3. The molecule has 1 fully saturated rings. The zero-order chi connectivity index (χ0) is 21.0. The first-order valence-electron chi connectivity index (χ1n) is 8.55. The fourth-order valence-electron chi connectivity index (χ4n) is 2.88. The second-order valence-corrected chi connectivity index (χ2v) is 6.98. The minimum atomic E-state index is -0.437. The molecule has 2 aromatic rings. The number of methoxy groups -OCH3 is 3. The average Bonchev–Trinajstić information content (AvgIpc) is 3.01. The van der Waals surface area contributed by atoms with E-state index in [4.69, 9.17) is 14.2 Å². The molecule has 0 saturated carbocycles. The third-order valence-electron chi connectivity index (χ3n) is 4.37. The summed E-state index contributed by atoms with van der Waals surface area (Å²) < 4.78 is 16.0. The first kappa shape index (κ1) is 20.3. The summed E-state index contributed by atoms with van der Waals surface area (Å²) in [6, 6.07) is 12.3. The van der Waals surface area contributed by atoms with Gasteiger partial charge in [-0.1, -0.05) is 18.2 Å². The number of carbonyl (C=O) groups is 2. The van der Waals surface area contributed by atoms with Gasteiger partial charge >= 0.3 is 0 Å². The van der Waals surface area contributed by atoms with Crippen LogP contribution >= 0.6 is 11.8 Å². The van der Waals surface area contributed by atoms with Crippen LogP contribution in [-0.4, -0.2) is 37.4 Å². The molecule has 148 valence electrons. The van der Waals surface area contributed by atoms with E-state index in [0.717, 1.165) is 16.7 Å². The lowest BCUT2D eigenvalue weighted by atomic mass is 10.1. The number of thioether (sulfide) groups is 1. The molecule has 1 heterocycles. The summed E-state index contributed by atoms with van der Waals surface area (Å²) >= 11 is 0.831. The molecule has 1 saturated heterocycles. The molecule has 0 radical (unpaired) electrons. The van der Waals surface area contributed by atoms with Crippen LogP contribution in [-0.2, 0) is 11.3 Å². The topological polar surface area (TPSA) is 88.9 Å². The standard InChI is InChI=1S/C21H18N2O5S/c1-26-15-8-17(27-2)16(18(9-15)28-3)10-19-20(24)23(21(25)29-19)12-14-7-5-4-6-13(14)11-22/h4-10H,12H2,1-3H3/b19-10+. The van der Waals surface area contributed by atoms with Gasteiger partial charge in [0, 0.05) is 12.1 Å². The lowest BCUT2D eigenvalue weighted by molar-refractivity contribution is -0.123. The van der Waals surface area contributed by atoms with Gasteiger partial charge in [-0.2, -0.15) is 5.26 Å². The normalized spacial score (nSPS) is 14.8. The molecule has 2 aromatic carbocycles. The quantitative estimate of drug-likeness (QED) is 0.669. The van der Waals surface area contributed by atoms with Gasteiger partial charge in [0.1, 0.15) is 17.2 Å². The molecule has 3 rings (SSSR count). The Kier molecular flexibility index (Phi) is 6.10. The summed E-state index contributed by atoms with van der Waals surface area (Å²) in [5.74, 6) is 0.996. The average molecular weight is 410 g/mol. The summed E-state index contributed by atoms with van der Waals surface area (Å²) in [4.78, 5) is 26.7. The number of nitrogens with zero attached hydrogens (tertiary/aromatic N) is 2. The van der Waals surface area contributed by atoms with Crippen molar-refractivity contribution in [1.82, 2.24) is 4.90 Å². The van der Waals surface area contributed by atoms with E-state index in [2.05, 4.69) is 6.07 Å². The van der Waals surface area contributed by atoms with Crippen molar-refractivity contribution in [2.45, 2.75) is 6.54 Å². The van der Waals surface area contributed by atoms with Gasteiger partial charge in [-0.15, -0.1) is 0 Å². The minimum Gasteiger partial charge on any atom is -0.496 e. The molecule has 1 aliphatic heterocycles. The van der Waals surface area contributed by atoms with Crippen LogP contribution in [0.15, 0.2) is 41.3 Å². The van der Waals surface area contributed by atoms with Gasteiger partial charge in [-0.3, -0.25) is 14.5 Å². The van der Waals surface area contributed by atoms with Crippen LogP contribution in [0.4, 0.5) is 4.79 Å². The largest absolute Gasteiger partial charge is 0.496 e. The number of hydrogen-bond acceptors (Lipinski definition) is 7. The fourth-order valence-corrected chi connectivity index (χ4v) is 3.70. The van der Waals surface area contributed by atoms with E-state index in [1.165, 1.54) is 21.3 Å². The zero-order valence-electron chi connectivity index (χ0n) is 16.1. The molecule has 8 heteroatoms. The fraction of sp³-hybridized carbons (Fsp3) is 0.190. The maximum atomic E-state index is 12.9. The maximum absolute atomic E-state index is 12.9. The van der Waals surface area contributed by atoms with E-state index in [1.807, 2.05) is 0 Å². The highest BCUT2D eigenvalue weighted by Crippen LogP contribution is 2.40. The number of rotatable bonds is 6. The van der Waals surface area contributed by atoms with Gasteiger partial charge in [0.25, 0.3) is 11.1 Å². The summed E-state index contributed by atoms with van der Waals surface area (Å²) in [5.41, 5.74) is 1.56. The summed E-state index contributed by atoms with van der Waals surface area (Å²) in [6.07, 6.45) is 1.57. The molecule has 2 amide bonds. The van der Waals surface area contributed by atoms with Gasteiger partial charge in [-0.05, 0) is 29.5 Å². The Morgan fingerprint density at radius 2 is 1.72 bits per heavy atom. The Hall–Kier alpha value is -3.44. The number of nitriles is 1. The monoisotopic (exact) mass is 410 g/mol. The lowest BCUT2D eigenvalue weighted by Gasteiger charge is -2.14. The number of carbonyl (C=O) groups excluding carboxylic acids is 2. The predicted octanol–water partition coefficient (Wildman–Crippen LogP) is 3.82. The molecular weight excluding hydrogens is 392 g/mol. The van der Waals surface area contributed by atoms with Gasteiger partial charge in [0.05, 0.1) is 50.0 Å². The molecule has 0 bridgehead atoms. The molecular formula is C21H18N2O5S. The number of imide groups is 1. The zero-order valence-corrected chi connectivity index (χ0v) is 16.9. The Morgan fingerprint density at radius 3 is 2.31 bits per heavy atom. The predicted molar refractivity (Wildman–Crippen MR) is 109 cm³/mol. The highest BCUT2D eigenvalue weighted by atomic mass is 32.2. The second-order valence-electron chi connectivity index (χ2n) is 5.98. The van der Waals surface area contributed by atoms with Gasteiger partial charge < -0.3 is 14.2 Å². The van der Waals surface area contributed by atoms with E-state index in [1.54, 1.807) is 42.5 Å². The van der Waals surface area contributed by atoms with Crippen molar-refractivity contribution in [2.24, 2.45) is 0 Å². The molecule has 0 unspecified atom stereocenters. The van der Waals surface area contributed by atoms with Crippen LogP contribution in [0, 0.1) is 11.3 Å². The van der Waals surface area contributed by atoms with Crippen LogP contribution in [0.1, 0.15) is 16.7 Å². The number of hydrogen-bond donors (Lipinski definition) is 0. The van der Waals surface area contributed by atoms with Crippen molar-refractivity contribution in [1.29, 1.82) is 5.26 Å². The molecule has 29 heavy (non-hydrogen) atoms. The van der Waals surface area contributed by atoms with Crippen LogP contribution < -0.4 is 14.2 Å². The van der Waals surface area contributed by atoms with E-state index >= 15 is 0 Å². The van der Waals surface area contributed by atoms with Crippen LogP contribution in [0.25, 0.3) is 6.08 Å². The van der Waals surface area contributed by atoms with E-state index < -0.39 is 11.1 Å². The minimum absolute atomic E-state index is 0.0304. The van der Waals surface area contributed by atoms with E-state index in [-0.39, 0.29) is 11.4 Å². The second kappa shape index (κ2) is 8.71. The molecule has 0 N–H and O–H groups in total. The molecule has 0 aliphatic carbocycles. The Bertz CT molecular complexity index is 1020. The number of amides is 2. The highest BCUT2D eigenvalue weighted by molar-refractivity contribution is 8.18. The van der Waals surface area contributed by atoms with Crippen LogP contribution in [0.5, 0.6) is 17.2 Å². The molecule has 0 spiro atoms. The Balaban J connectivity index is 1.96.